The van der Waals surface area contributed by atoms with Crippen LogP contribution in [0.5, 0.6) is 0 Å². The average Bonchev–Trinajstić information content (AvgIpc) is 2.38. The first-order chi connectivity index (χ1) is 8.62. The highest BCUT2D eigenvalue weighted by molar-refractivity contribution is 5.81. The van der Waals surface area contributed by atoms with Crippen molar-refractivity contribution in [1.29, 1.82) is 5.26 Å². The minimum absolute atomic E-state index is 0.184. The van der Waals surface area contributed by atoms with Gasteiger partial charge in [-0.3, -0.25) is 4.79 Å². The minimum atomic E-state index is -0.789. The Morgan fingerprint density at radius 1 is 1.28 bits per heavy atom. The van der Waals surface area contributed by atoms with Crippen LogP contribution in [0.4, 0.5) is 0 Å². The van der Waals surface area contributed by atoms with E-state index in [4.69, 9.17) is 5.26 Å². The van der Waals surface area contributed by atoms with Crippen LogP contribution in [-0.2, 0) is 19.1 Å². The molecule has 0 aromatic heterocycles. The lowest BCUT2D eigenvalue weighted by atomic mass is 9.83. The third-order valence-electron chi connectivity index (χ3n) is 2.93. The van der Waals surface area contributed by atoms with Crippen molar-refractivity contribution in [3.05, 3.63) is 0 Å². The van der Waals surface area contributed by atoms with E-state index in [1.807, 2.05) is 0 Å². The molecule has 1 aliphatic rings. The van der Waals surface area contributed by atoms with Crippen LogP contribution >= 0.6 is 0 Å². The zero-order valence-electron chi connectivity index (χ0n) is 10.5. The van der Waals surface area contributed by atoms with Crippen molar-refractivity contribution in [1.82, 2.24) is 5.32 Å². The molecule has 0 unspecified atom stereocenters. The lowest BCUT2D eigenvalue weighted by molar-refractivity contribution is -0.152. The van der Waals surface area contributed by atoms with E-state index in [0.717, 1.165) is 19.3 Å². The zero-order chi connectivity index (χ0) is 13.4. The maximum absolute atomic E-state index is 11.6. The number of carbonyl (C=O) groups excluding carboxylic acids is 2. The van der Waals surface area contributed by atoms with Crippen molar-refractivity contribution in [2.75, 3.05) is 20.3 Å². The van der Waals surface area contributed by atoms with E-state index in [0.29, 0.717) is 12.8 Å². The topological polar surface area (TPSA) is 88.4 Å². The fraction of sp³-hybridized carbons (Fsp3) is 0.750. The summed E-state index contributed by atoms with van der Waals surface area (Å²) in [4.78, 5) is 22.6. The quantitative estimate of drug-likeness (QED) is 0.722. The molecule has 1 rings (SSSR count). The Hall–Kier alpha value is -1.61. The third-order valence-corrected chi connectivity index (χ3v) is 2.93. The summed E-state index contributed by atoms with van der Waals surface area (Å²) in [7, 11) is 1.37. The Balaban J connectivity index is 2.38. The van der Waals surface area contributed by atoms with Gasteiger partial charge in [0.2, 0.25) is 0 Å². The number of nitrogens with one attached hydrogen (secondary N) is 1. The molecule has 0 aliphatic heterocycles. The summed E-state index contributed by atoms with van der Waals surface area (Å²) in [6, 6.07) is 2.16. The van der Waals surface area contributed by atoms with E-state index in [1.165, 1.54) is 7.11 Å². The molecule has 0 bridgehead atoms. The number of nitrogens with zero attached hydrogens (tertiary/aromatic N) is 1. The van der Waals surface area contributed by atoms with E-state index in [2.05, 4.69) is 20.9 Å². The normalized spacial score (nSPS) is 17.6. The molecule has 0 saturated heterocycles. The third kappa shape index (κ3) is 4.34. The maximum atomic E-state index is 11.6. The number of hydrogen-bond donors (Lipinski definition) is 1. The number of methoxy groups -OCH3 is 1. The number of amides is 1. The van der Waals surface area contributed by atoms with Crippen LogP contribution in [0.15, 0.2) is 0 Å². The van der Waals surface area contributed by atoms with Crippen LogP contribution in [0.3, 0.4) is 0 Å². The Bertz CT molecular complexity index is 342. The van der Waals surface area contributed by atoms with E-state index < -0.39 is 17.4 Å². The molecule has 1 amide bonds. The number of esters is 1. The lowest BCUT2D eigenvalue weighted by Crippen LogP contribution is -2.50. The highest BCUT2D eigenvalue weighted by Crippen LogP contribution is 2.27. The second-order valence-corrected chi connectivity index (χ2v) is 4.40. The zero-order valence-corrected chi connectivity index (χ0v) is 10.5. The Morgan fingerprint density at radius 3 is 2.50 bits per heavy atom. The lowest BCUT2D eigenvalue weighted by Gasteiger charge is -2.31. The van der Waals surface area contributed by atoms with E-state index in [-0.39, 0.29) is 13.2 Å². The van der Waals surface area contributed by atoms with E-state index in [1.54, 1.807) is 0 Å². The van der Waals surface area contributed by atoms with Gasteiger partial charge >= 0.3 is 5.97 Å². The van der Waals surface area contributed by atoms with E-state index in [9.17, 15) is 9.59 Å². The second kappa shape index (κ2) is 6.97. The average molecular weight is 254 g/mol. The smallest absolute Gasteiger partial charge is 0.332 e. The first kappa shape index (κ1) is 14.5. The Kier molecular flexibility index (Phi) is 5.59. The fourth-order valence-electron chi connectivity index (χ4n) is 2.03. The summed E-state index contributed by atoms with van der Waals surface area (Å²) in [5.41, 5.74) is -0.789. The summed E-state index contributed by atoms with van der Waals surface area (Å²) >= 11 is 0. The molecule has 18 heavy (non-hydrogen) atoms. The van der Waals surface area contributed by atoms with Gasteiger partial charge in [0.05, 0.1) is 6.07 Å². The first-order valence-electron chi connectivity index (χ1n) is 5.99. The number of hydrogen-bond acceptors (Lipinski definition) is 5. The molecular formula is C12H18N2O4. The SMILES string of the molecule is COCC(=O)OCC(=O)NC1(C#N)CCCCC1. The van der Waals surface area contributed by atoms with Gasteiger partial charge in [0.1, 0.15) is 12.1 Å². The van der Waals surface area contributed by atoms with Crippen molar-refractivity contribution in [3.8, 4) is 6.07 Å². The van der Waals surface area contributed by atoms with Gasteiger partial charge < -0.3 is 14.8 Å². The molecule has 6 nitrogen and oxygen atoms in total. The first-order valence-corrected chi connectivity index (χ1v) is 5.99. The Morgan fingerprint density at radius 2 is 1.94 bits per heavy atom. The summed E-state index contributed by atoms with van der Waals surface area (Å²) in [6.07, 6.45) is 4.25. The molecule has 1 aliphatic carbocycles. The van der Waals surface area contributed by atoms with Gasteiger partial charge in [-0.1, -0.05) is 19.3 Å². The summed E-state index contributed by atoms with van der Waals surface area (Å²) in [5, 5.41) is 11.8. The van der Waals surface area contributed by atoms with Crippen LogP contribution < -0.4 is 5.32 Å². The van der Waals surface area contributed by atoms with Crippen LogP contribution in [0.2, 0.25) is 0 Å². The molecule has 0 spiro atoms. The molecule has 100 valence electrons. The van der Waals surface area contributed by atoms with Gasteiger partial charge in [0.15, 0.2) is 6.61 Å². The highest BCUT2D eigenvalue weighted by atomic mass is 16.6. The monoisotopic (exact) mass is 254 g/mol. The van der Waals surface area contributed by atoms with Gasteiger partial charge in [-0.2, -0.15) is 5.26 Å². The van der Waals surface area contributed by atoms with Crippen molar-refractivity contribution in [2.24, 2.45) is 0 Å². The molecular weight excluding hydrogens is 236 g/mol. The van der Waals surface area contributed by atoms with Crippen LogP contribution in [0, 0.1) is 11.3 Å². The van der Waals surface area contributed by atoms with Crippen molar-refractivity contribution < 1.29 is 19.1 Å². The van der Waals surface area contributed by atoms with Crippen molar-refractivity contribution in [2.45, 2.75) is 37.6 Å². The molecule has 1 fully saturated rings. The predicted octanol–water partition coefficient (Wildman–Crippen LogP) is 0.519. The molecule has 6 heteroatoms. The molecule has 0 atom stereocenters. The van der Waals surface area contributed by atoms with Gasteiger partial charge in [-0.25, -0.2) is 4.79 Å². The minimum Gasteiger partial charge on any atom is -0.454 e. The van der Waals surface area contributed by atoms with Gasteiger partial charge in [-0.15, -0.1) is 0 Å². The summed E-state index contributed by atoms with van der Waals surface area (Å²) in [6.45, 7) is -0.553. The van der Waals surface area contributed by atoms with Crippen LogP contribution in [0.1, 0.15) is 32.1 Å². The fourth-order valence-corrected chi connectivity index (χ4v) is 2.03. The van der Waals surface area contributed by atoms with E-state index >= 15 is 0 Å². The summed E-state index contributed by atoms with van der Waals surface area (Å²) < 4.78 is 9.26. The number of rotatable bonds is 5. The molecule has 0 aromatic rings. The molecule has 0 heterocycles. The van der Waals surface area contributed by atoms with Crippen molar-refractivity contribution >= 4 is 11.9 Å². The molecule has 0 aromatic carbocycles. The maximum Gasteiger partial charge on any atom is 0.332 e. The summed E-state index contributed by atoms with van der Waals surface area (Å²) in [5.74, 6) is -1.04. The van der Waals surface area contributed by atoms with Crippen molar-refractivity contribution in [3.63, 3.8) is 0 Å². The number of nitriles is 1. The van der Waals surface area contributed by atoms with Crippen LogP contribution in [0.25, 0.3) is 0 Å². The largest absolute Gasteiger partial charge is 0.454 e. The van der Waals surface area contributed by atoms with Gasteiger partial charge in [0.25, 0.3) is 5.91 Å². The molecule has 1 N–H and O–H groups in total. The second-order valence-electron chi connectivity index (χ2n) is 4.40. The van der Waals surface area contributed by atoms with Gasteiger partial charge in [-0.05, 0) is 12.8 Å². The molecule has 1 saturated carbocycles. The standard InChI is InChI=1S/C12H18N2O4/c1-17-8-11(16)18-7-10(15)14-12(9-13)5-3-2-4-6-12/h2-8H2,1H3,(H,14,15). The molecule has 0 radical (unpaired) electrons. The Labute approximate surface area is 106 Å². The predicted molar refractivity (Wildman–Crippen MR) is 62.4 cm³/mol. The highest BCUT2D eigenvalue weighted by Gasteiger charge is 2.33. The number of carbonyl (C=O) groups is 2. The van der Waals surface area contributed by atoms with Gasteiger partial charge in [0, 0.05) is 7.11 Å². The van der Waals surface area contributed by atoms with Crippen LogP contribution in [-0.4, -0.2) is 37.7 Å². The number of ether oxygens (including phenoxy) is 2.